The molecule has 0 spiro atoms. The highest BCUT2D eigenvalue weighted by atomic mass is 16.1. The first-order valence-electron chi connectivity index (χ1n) is 7.16. The Morgan fingerprint density at radius 3 is 2.26 bits per heavy atom. The summed E-state index contributed by atoms with van der Waals surface area (Å²) in [5.41, 5.74) is 0. The van der Waals surface area contributed by atoms with Crippen LogP contribution in [-0.2, 0) is 4.79 Å². The molecule has 1 fully saturated rings. The van der Waals surface area contributed by atoms with E-state index in [0.29, 0.717) is 25.4 Å². The molecule has 1 N–H and O–H groups in total. The van der Waals surface area contributed by atoms with Crippen molar-refractivity contribution >= 4 is 11.9 Å². The SMILES string of the molecule is CN(C)C(=NCCNC(=O)CC1CCCC1)N(C)C. The molecule has 0 unspecified atom stereocenters. The van der Waals surface area contributed by atoms with Crippen LogP contribution < -0.4 is 5.32 Å². The van der Waals surface area contributed by atoms with Gasteiger partial charge < -0.3 is 15.1 Å². The van der Waals surface area contributed by atoms with Crippen LogP contribution in [0.5, 0.6) is 0 Å². The minimum absolute atomic E-state index is 0.179. The summed E-state index contributed by atoms with van der Waals surface area (Å²) in [4.78, 5) is 20.2. The van der Waals surface area contributed by atoms with Crippen molar-refractivity contribution in [2.75, 3.05) is 41.3 Å². The lowest BCUT2D eigenvalue weighted by atomic mass is 10.0. The fourth-order valence-electron chi connectivity index (χ4n) is 2.58. The highest BCUT2D eigenvalue weighted by Crippen LogP contribution is 2.27. The first-order valence-corrected chi connectivity index (χ1v) is 7.16. The number of nitrogens with one attached hydrogen (secondary N) is 1. The predicted molar refractivity (Wildman–Crippen MR) is 79.3 cm³/mol. The fourth-order valence-corrected chi connectivity index (χ4v) is 2.58. The first kappa shape index (κ1) is 15.8. The Hall–Kier alpha value is -1.26. The molecule has 1 aliphatic carbocycles. The second-order valence-electron chi connectivity index (χ2n) is 5.68. The van der Waals surface area contributed by atoms with Crippen molar-refractivity contribution in [3.8, 4) is 0 Å². The van der Waals surface area contributed by atoms with E-state index in [-0.39, 0.29) is 5.91 Å². The van der Waals surface area contributed by atoms with Gasteiger partial charge in [0.25, 0.3) is 0 Å². The van der Waals surface area contributed by atoms with Gasteiger partial charge in [-0.3, -0.25) is 9.79 Å². The molecule has 0 aromatic rings. The molecule has 0 saturated heterocycles. The largest absolute Gasteiger partial charge is 0.354 e. The smallest absolute Gasteiger partial charge is 0.220 e. The van der Waals surface area contributed by atoms with E-state index >= 15 is 0 Å². The summed E-state index contributed by atoms with van der Waals surface area (Å²) < 4.78 is 0. The van der Waals surface area contributed by atoms with Gasteiger partial charge in [0.2, 0.25) is 5.91 Å². The molecular formula is C14H28N4O. The van der Waals surface area contributed by atoms with Gasteiger partial charge in [0.15, 0.2) is 5.96 Å². The Labute approximate surface area is 117 Å². The first-order chi connectivity index (χ1) is 9.00. The average Bonchev–Trinajstić information content (AvgIpc) is 2.80. The fraction of sp³-hybridized carbons (Fsp3) is 0.857. The summed E-state index contributed by atoms with van der Waals surface area (Å²) in [5, 5.41) is 2.96. The van der Waals surface area contributed by atoms with Crippen LogP contribution in [0.25, 0.3) is 0 Å². The molecule has 0 radical (unpaired) electrons. The van der Waals surface area contributed by atoms with Gasteiger partial charge in [-0.1, -0.05) is 12.8 Å². The summed E-state index contributed by atoms with van der Waals surface area (Å²) >= 11 is 0. The number of guanidine groups is 1. The van der Waals surface area contributed by atoms with Crippen LogP contribution in [0, 0.1) is 5.92 Å². The minimum atomic E-state index is 0.179. The van der Waals surface area contributed by atoms with Crippen molar-refractivity contribution in [3.63, 3.8) is 0 Å². The van der Waals surface area contributed by atoms with Crippen molar-refractivity contribution in [3.05, 3.63) is 0 Å². The van der Waals surface area contributed by atoms with Gasteiger partial charge in [-0.2, -0.15) is 0 Å². The summed E-state index contributed by atoms with van der Waals surface area (Å²) in [6, 6.07) is 0. The normalized spacial score (nSPS) is 15.2. The summed E-state index contributed by atoms with van der Waals surface area (Å²) in [7, 11) is 7.88. The number of carbonyl (C=O) groups excluding carboxylic acids is 1. The molecule has 1 aliphatic rings. The Kier molecular flexibility index (Phi) is 6.67. The molecule has 19 heavy (non-hydrogen) atoms. The lowest BCUT2D eigenvalue weighted by Gasteiger charge is -2.22. The van der Waals surface area contributed by atoms with Crippen LogP contribution in [0.2, 0.25) is 0 Å². The third-order valence-electron chi connectivity index (χ3n) is 3.44. The molecule has 0 aromatic carbocycles. The van der Waals surface area contributed by atoms with Gasteiger partial charge in [0.05, 0.1) is 6.54 Å². The van der Waals surface area contributed by atoms with Gasteiger partial charge in [0.1, 0.15) is 0 Å². The maximum absolute atomic E-state index is 11.7. The minimum Gasteiger partial charge on any atom is -0.354 e. The zero-order chi connectivity index (χ0) is 14.3. The van der Waals surface area contributed by atoms with Crippen LogP contribution in [0.4, 0.5) is 0 Å². The van der Waals surface area contributed by atoms with Crippen LogP contribution in [0.15, 0.2) is 4.99 Å². The van der Waals surface area contributed by atoms with E-state index in [2.05, 4.69) is 10.3 Å². The summed E-state index contributed by atoms with van der Waals surface area (Å²) in [6.07, 6.45) is 5.71. The third-order valence-corrected chi connectivity index (χ3v) is 3.44. The third kappa shape index (κ3) is 5.94. The Balaban J connectivity index is 2.21. The average molecular weight is 268 g/mol. The summed E-state index contributed by atoms with van der Waals surface area (Å²) in [6.45, 7) is 1.25. The second kappa shape index (κ2) is 8.02. The standard InChI is InChI=1S/C14H28N4O/c1-17(2)14(18(3)4)16-10-9-15-13(19)11-12-7-5-6-8-12/h12H,5-11H2,1-4H3,(H,15,19). The molecule has 0 aliphatic heterocycles. The number of aliphatic imine (C=N–C) groups is 1. The molecule has 0 atom stereocenters. The lowest BCUT2D eigenvalue weighted by molar-refractivity contribution is -0.121. The van der Waals surface area contributed by atoms with Gasteiger partial charge in [-0.05, 0) is 18.8 Å². The topological polar surface area (TPSA) is 47.9 Å². The van der Waals surface area contributed by atoms with Crippen molar-refractivity contribution in [2.24, 2.45) is 10.9 Å². The van der Waals surface area contributed by atoms with Gasteiger partial charge in [-0.25, -0.2) is 0 Å². The van der Waals surface area contributed by atoms with Gasteiger partial charge in [0, 0.05) is 41.2 Å². The highest BCUT2D eigenvalue weighted by molar-refractivity contribution is 5.79. The van der Waals surface area contributed by atoms with Crippen molar-refractivity contribution < 1.29 is 4.79 Å². The molecular weight excluding hydrogens is 240 g/mol. The molecule has 0 aromatic heterocycles. The van der Waals surface area contributed by atoms with E-state index in [4.69, 9.17) is 0 Å². The number of rotatable bonds is 5. The van der Waals surface area contributed by atoms with Crippen LogP contribution in [0.1, 0.15) is 32.1 Å². The van der Waals surface area contributed by atoms with E-state index in [1.54, 1.807) is 0 Å². The molecule has 5 heteroatoms. The number of hydrogen-bond acceptors (Lipinski definition) is 2. The Morgan fingerprint density at radius 1 is 1.16 bits per heavy atom. The highest BCUT2D eigenvalue weighted by Gasteiger charge is 2.17. The number of hydrogen-bond donors (Lipinski definition) is 1. The van der Waals surface area contributed by atoms with Gasteiger partial charge in [-0.15, -0.1) is 0 Å². The quantitative estimate of drug-likeness (QED) is 0.462. The zero-order valence-electron chi connectivity index (χ0n) is 12.8. The maximum Gasteiger partial charge on any atom is 0.220 e. The molecule has 0 bridgehead atoms. The van der Waals surface area contributed by atoms with E-state index in [1.165, 1.54) is 25.7 Å². The predicted octanol–water partition coefficient (Wildman–Crippen LogP) is 1.16. The second-order valence-corrected chi connectivity index (χ2v) is 5.68. The molecule has 1 rings (SSSR count). The van der Waals surface area contributed by atoms with Crippen molar-refractivity contribution in [1.82, 2.24) is 15.1 Å². The maximum atomic E-state index is 11.7. The van der Waals surface area contributed by atoms with Gasteiger partial charge >= 0.3 is 0 Å². The molecule has 1 amide bonds. The Morgan fingerprint density at radius 2 is 1.74 bits per heavy atom. The number of nitrogens with zero attached hydrogens (tertiary/aromatic N) is 3. The lowest BCUT2D eigenvalue weighted by Crippen LogP contribution is -2.36. The van der Waals surface area contributed by atoms with Crippen LogP contribution >= 0.6 is 0 Å². The Bertz CT molecular complexity index is 297. The van der Waals surface area contributed by atoms with E-state index < -0.39 is 0 Å². The summed E-state index contributed by atoms with van der Waals surface area (Å²) in [5.74, 6) is 1.71. The van der Waals surface area contributed by atoms with Crippen LogP contribution in [-0.4, -0.2) is 62.9 Å². The number of carbonyl (C=O) groups is 1. The monoisotopic (exact) mass is 268 g/mol. The number of amides is 1. The molecule has 0 heterocycles. The van der Waals surface area contributed by atoms with Crippen molar-refractivity contribution in [1.29, 1.82) is 0 Å². The molecule has 5 nitrogen and oxygen atoms in total. The van der Waals surface area contributed by atoms with E-state index in [0.717, 1.165) is 5.96 Å². The van der Waals surface area contributed by atoms with E-state index in [1.807, 2.05) is 38.0 Å². The van der Waals surface area contributed by atoms with E-state index in [9.17, 15) is 4.79 Å². The van der Waals surface area contributed by atoms with Crippen molar-refractivity contribution in [2.45, 2.75) is 32.1 Å². The molecule has 1 saturated carbocycles. The zero-order valence-corrected chi connectivity index (χ0v) is 12.8. The van der Waals surface area contributed by atoms with Crippen LogP contribution in [0.3, 0.4) is 0 Å². The molecule has 110 valence electrons.